The van der Waals surface area contributed by atoms with Crippen LogP contribution in [0.15, 0.2) is 21.8 Å². The lowest BCUT2D eigenvalue weighted by atomic mass is 10.4. The van der Waals surface area contributed by atoms with Crippen LogP contribution in [0.3, 0.4) is 0 Å². The Morgan fingerprint density at radius 1 is 1.67 bits per heavy atom. The normalized spacial score (nSPS) is 13.0. The summed E-state index contributed by atoms with van der Waals surface area (Å²) >= 11 is 5.64. The second-order valence-corrected chi connectivity index (χ2v) is 3.45. The Hall–Kier alpha value is 0.690. The third kappa shape index (κ3) is 6.58. The summed E-state index contributed by atoms with van der Waals surface area (Å²) in [6.07, 6.45) is 7.53. The van der Waals surface area contributed by atoms with Gasteiger partial charge in [0.25, 0.3) is 0 Å². The van der Waals surface area contributed by atoms with Crippen molar-refractivity contribution in [2.45, 2.75) is 13.3 Å². The van der Waals surface area contributed by atoms with Crippen LogP contribution in [0, 0.1) is 0 Å². The molecule has 0 rings (SSSR count). The fourth-order valence-electron chi connectivity index (χ4n) is 0.372. The summed E-state index contributed by atoms with van der Waals surface area (Å²) in [4.78, 5) is 0. The molecule has 0 bridgehead atoms. The average Bonchev–Trinajstić information content (AvgIpc) is 1.85. The van der Waals surface area contributed by atoms with E-state index >= 15 is 0 Å². The van der Waals surface area contributed by atoms with Crippen molar-refractivity contribution in [1.82, 2.24) is 0 Å². The van der Waals surface area contributed by atoms with Crippen molar-refractivity contribution in [3.8, 4) is 0 Å². The van der Waals surface area contributed by atoms with E-state index in [0.717, 1.165) is 11.8 Å². The van der Waals surface area contributed by atoms with Crippen LogP contribution in [-0.2, 0) is 0 Å². The Morgan fingerprint density at radius 2 is 2.33 bits per heavy atom. The number of hydrogen-bond donors (Lipinski definition) is 0. The Kier molecular flexibility index (Phi) is 7.33. The van der Waals surface area contributed by atoms with E-state index in [9.17, 15) is 0 Å². The second kappa shape index (κ2) is 6.81. The minimum absolute atomic E-state index is 0.944. The van der Waals surface area contributed by atoms with E-state index in [1.165, 1.54) is 3.58 Å². The zero-order valence-electron chi connectivity index (χ0n) is 5.40. The van der Waals surface area contributed by atoms with E-state index in [0.29, 0.717) is 0 Å². The molecule has 52 valence electrons. The number of hydrogen-bond acceptors (Lipinski definition) is 0. The van der Waals surface area contributed by atoms with Crippen molar-refractivity contribution < 1.29 is 0 Å². The molecule has 0 saturated carbocycles. The van der Waals surface area contributed by atoms with Gasteiger partial charge in [0.05, 0.1) is 0 Å². The van der Waals surface area contributed by atoms with Crippen molar-refractivity contribution >= 4 is 38.5 Å². The molecule has 0 fully saturated rings. The van der Waals surface area contributed by atoms with Gasteiger partial charge in [0.15, 0.2) is 0 Å². The van der Waals surface area contributed by atoms with E-state index in [4.69, 9.17) is 0 Å². The van der Waals surface area contributed by atoms with Gasteiger partial charge < -0.3 is 0 Å². The maximum Gasteiger partial charge on any atom is 0.0225 e. The maximum atomic E-state index is 3.33. The van der Waals surface area contributed by atoms with Gasteiger partial charge in [-0.25, -0.2) is 0 Å². The van der Waals surface area contributed by atoms with Gasteiger partial charge >= 0.3 is 0 Å². The van der Waals surface area contributed by atoms with Crippen molar-refractivity contribution in [3.63, 3.8) is 0 Å². The largest absolute Gasteiger partial charge is 0.0882 e. The van der Waals surface area contributed by atoms with Crippen LogP contribution in [-0.4, -0.2) is 5.33 Å². The molecule has 0 heterocycles. The first-order valence-electron chi connectivity index (χ1n) is 2.89. The quantitative estimate of drug-likeness (QED) is 0.424. The van der Waals surface area contributed by atoms with Gasteiger partial charge in [-0.2, -0.15) is 0 Å². The topological polar surface area (TPSA) is 0 Å². The van der Waals surface area contributed by atoms with E-state index in [-0.39, 0.29) is 0 Å². The first kappa shape index (κ1) is 9.69. The lowest BCUT2D eigenvalue weighted by Gasteiger charge is -1.84. The molecule has 0 spiro atoms. The Morgan fingerprint density at radius 3 is 2.78 bits per heavy atom. The highest BCUT2D eigenvalue weighted by molar-refractivity contribution is 14.1. The van der Waals surface area contributed by atoms with E-state index in [1.807, 2.05) is 0 Å². The molecule has 0 aliphatic carbocycles. The highest BCUT2D eigenvalue weighted by Gasteiger charge is 1.78. The van der Waals surface area contributed by atoms with Crippen molar-refractivity contribution in [2.75, 3.05) is 5.33 Å². The first-order valence-corrected chi connectivity index (χ1v) is 5.09. The van der Waals surface area contributed by atoms with Gasteiger partial charge in [0.2, 0.25) is 0 Å². The molecule has 0 amide bonds. The molecule has 2 heteroatoms. The third-order valence-corrected chi connectivity index (χ3v) is 1.91. The maximum absolute atomic E-state index is 3.33. The molecule has 0 aromatic heterocycles. The lowest BCUT2D eigenvalue weighted by Crippen LogP contribution is -1.63. The predicted octanol–water partition coefficient (Wildman–Crippen LogP) is 3.67. The zero-order valence-corrected chi connectivity index (χ0v) is 9.15. The van der Waals surface area contributed by atoms with Crippen LogP contribution < -0.4 is 0 Å². The Bertz CT molecular complexity index is 116. The summed E-state index contributed by atoms with van der Waals surface area (Å²) in [5, 5.41) is 0.944. The first-order chi connectivity index (χ1) is 4.31. The summed E-state index contributed by atoms with van der Waals surface area (Å²) in [6.45, 7) is 2.13. The second-order valence-electron chi connectivity index (χ2n) is 1.55. The molecule has 9 heavy (non-hydrogen) atoms. The Labute approximate surface area is 78.7 Å². The van der Waals surface area contributed by atoms with Gasteiger partial charge in [0, 0.05) is 8.91 Å². The van der Waals surface area contributed by atoms with Crippen LogP contribution >= 0.6 is 38.5 Å². The molecule has 0 atom stereocenters. The van der Waals surface area contributed by atoms with Crippen LogP contribution in [0.2, 0.25) is 0 Å². The summed E-state index contributed by atoms with van der Waals surface area (Å²) < 4.78 is 1.30. The lowest BCUT2D eigenvalue weighted by molar-refractivity contribution is 1.22. The highest BCUT2D eigenvalue weighted by Crippen LogP contribution is 2.08. The van der Waals surface area contributed by atoms with Crippen molar-refractivity contribution in [1.29, 1.82) is 0 Å². The van der Waals surface area contributed by atoms with E-state index in [1.54, 1.807) is 0 Å². The van der Waals surface area contributed by atoms with Crippen LogP contribution in [0.5, 0.6) is 0 Å². The molecule has 0 unspecified atom stereocenters. The molecular formula is C7H10BrI. The van der Waals surface area contributed by atoms with Crippen LogP contribution in [0.25, 0.3) is 0 Å². The van der Waals surface area contributed by atoms with Crippen molar-refractivity contribution in [2.24, 2.45) is 0 Å². The molecule has 0 saturated heterocycles. The van der Waals surface area contributed by atoms with Gasteiger partial charge in [-0.15, -0.1) is 0 Å². The number of rotatable bonds is 3. The van der Waals surface area contributed by atoms with Gasteiger partial charge in [-0.1, -0.05) is 41.1 Å². The summed E-state index contributed by atoms with van der Waals surface area (Å²) in [6, 6.07) is 0. The summed E-state index contributed by atoms with van der Waals surface area (Å²) in [5.41, 5.74) is 0. The number of halogens is 2. The number of allylic oxidation sites excluding steroid dienone is 4. The smallest absolute Gasteiger partial charge is 0.0225 e. The summed E-state index contributed by atoms with van der Waals surface area (Å²) in [7, 11) is 0. The van der Waals surface area contributed by atoms with Crippen LogP contribution in [0.4, 0.5) is 0 Å². The van der Waals surface area contributed by atoms with E-state index < -0.39 is 0 Å². The predicted molar refractivity (Wildman–Crippen MR) is 55.3 cm³/mol. The fraction of sp³-hybridized carbons (Fsp3) is 0.429. The highest BCUT2D eigenvalue weighted by atomic mass is 127. The Balaban J connectivity index is 3.60. The molecule has 0 aliphatic rings. The average molecular weight is 301 g/mol. The van der Waals surface area contributed by atoms with Crippen molar-refractivity contribution in [3.05, 3.63) is 21.8 Å². The fourth-order valence-corrected chi connectivity index (χ4v) is 1.80. The third-order valence-electron chi connectivity index (χ3n) is 0.785. The molecule has 0 nitrogen and oxygen atoms in total. The molecular weight excluding hydrogens is 291 g/mol. The van der Waals surface area contributed by atoms with E-state index in [2.05, 4.69) is 63.7 Å². The van der Waals surface area contributed by atoms with Gasteiger partial charge in [-0.05, 0) is 29.0 Å². The van der Waals surface area contributed by atoms with Crippen LogP contribution in [0.1, 0.15) is 13.3 Å². The number of alkyl halides is 1. The minimum Gasteiger partial charge on any atom is -0.0882 e. The molecule has 0 radical (unpaired) electrons. The molecule has 0 N–H and O–H groups in total. The minimum atomic E-state index is 0.944. The molecule has 0 aromatic rings. The SMILES string of the molecule is CC/C=C\C(I)=C/CBr. The molecule has 0 aliphatic heterocycles. The zero-order chi connectivity index (χ0) is 7.11. The monoisotopic (exact) mass is 300 g/mol. The van der Waals surface area contributed by atoms with Gasteiger partial charge in [-0.3, -0.25) is 0 Å². The molecule has 0 aromatic carbocycles. The van der Waals surface area contributed by atoms with Gasteiger partial charge in [0.1, 0.15) is 0 Å². The summed E-state index contributed by atoms with van der Waals surface area (Å²) in [5.74, 6) is 0. The standard InChI is InChI=1S/C7H10BrI/c1-2-3-4-7(9)5-6-8/h3-5H,2,6H2,1H3/b4-3-,7-5+.